The van der Waals surface area contributed by atoms with Gasteiger partial charge in [-0.2, -0.15) is 0 Å². The average Bonchev–Trinajstić information content (AvgIpc) is 2.48. The van der Waals surface area contributed by atoms with Gasteiger partial charge in [-0.3, -0.25) is 9.69 Å². The van der Waals surface area contributed by atoms with Crippen LogP contribution in [0.4, 0.5) is 4.39 Å². The second-order valence-electron chi connectivity index (χ2n) is 5.21. The number of nitrogens with zero attached hydrogens (tertiary/aromatic N) is 1. The first-order valence-electron chi connectivity index (χ1n) is 6.91. The summed E-state index contributed by atoms with van der Waals surface area (Å²) in [7, 11) is 1.42. The third-order valence-electron chi connectivity index (χ3n) is 3.82. The Bertz CT molecular complexity index is 479. The van der Waals surface area contributed by atoms with Gasteiger partial charge in [-0.05, 0) is 42.6 Å². The van der Waals surface area contributed by atoms with Gasteiger partial charge in [0.25, 0.3) is 0 Å². The number of nitrogens with two attached hydrogens (primary N) is 1. The predicted octanol–water partition coefficient (Wildman–Crippen LogP) is 1.67. The van der Waals surface area contributed by atoms with Crippen molar-refractivity contribution in [2.24, 2.45) is 11.7 Å². The summed E-state index contributed by atoms with van der Waals surface area (Å²) in [6.07, 6.45) is 1.84. The molecule has 0 amide bonds. The number of likely N-dealkylation sites (tertiary alicyclic amines) is 1. The fourth-order valence-electron chi connectivity index (χ4n) is 2.74. The van der Waals surface area contributed by atoms with E-state index in [1.165, 1.54) is 19.2 Å². The van der Waals surface area contributed by atoms with Gasteiger partial charge in [0, 0.05) is 19.6 Å². The Morgan fingerprint density at radius 2 is 2.30 bits per heavy atom. The zero-order chi connectivity index (χ0) is 14.5. The molecule has 0 aliphatic carbocycles. The Balaban J connectivity index is 2.04. The molecule has 20 heavy (non-hydrogen) atoms. The Hall–Kier alpha value is -1.46. The molecule has 1 aliphatic heterocycles. The number of piperidine rings is 1. The van der Waals surface area contributed by atoms with E-state index in [1.807, 2.05) is 0 Å². The van der Waals surface area contributed by atoms with Crippen LogP contribution in [0.1, 0.15) is 24.0 Å². The molecule has 0 radical (unpaired) electrons. The van der Waals surface area contributed by atoms with Gasteiger partial charge in [0.2, 0.25) is 0 Å². The van der Waals surface area contributed by atoms with Crippen molar-refractivity contribution in [1.82, 2.24) is 4.90 Å². The Labute approximate surface area is 118 Å². The van der Waals surface area contributed by atoms with E-state index in [1.54, 1.807) is 6.07 Å². The summed E-state index contributed by atoms with van der Waals surface area (Å²) < 4.78 is 18.0. The number of ether oxygens (including phenoxy) is 1. The highest BCUT2D eigenvalue weighted by molar-refractivity contribution is 5.72. The molecule has 0 saturated carbocycles. The molecule has 1 atom stereocenters. The molecule has 1 aromatic carbocycles. The van der Waals surface area contributed by atoms with Crippen LogP contribution in [0.3, 0.4) is 0 Å². The summed E-state index contributed by atoms with van der Waals surface area (Å²) in [4.78, 5) is 13.8. The minimum Gasteiger partial charge on any atom is -0.469 e. The number of hydrogen-bond acceptors (Lipinski definition) is 4. The third-order valence-corrected chi connectivity index (χ3v) is 3.82. The van der Waals surface area contributed by atoms with Gasteiger partial charge in [-0.25, -0.2) is 4.39 Å². The summed E-state index contributed by atoms with van der Waals surface area (Å²) >= 11 is 0. The predicted molar refractivity (Wildman–Crippen MR) is 74.3 cm³/mol. The zero-order valence-electron chi connectivity index (χ0n) is 11.8. The van der Waals surface area contributed by atoms with Gasteiger partial charge in [-0.15, -0.1) is 0 Å². The van der Waals surface area contributed by atoms with Gasteiger partial charge in [0.15, 0.2) is 0 Å². The van der Waals surface area contributed by atoms with Gasteiger partial charge >= 0.3 is 5.97 Å². The molecule has 1 aliphatic rings. The zero-order valence-corrected chi connectivity index (χ0v) is 11.8. The summed E-state index contributed by atoms with van der Waals surface area (Å²) in [5, 5.41) is 0. The van der Waals surface area contributed by atoms with Crippen molar-refractivity contribution < 1.29 is 13.9 Å². The van der Waals surface area contributed by atoms with E-state index in [9.17, 15) is 9.18 Å². The van der Waals surface area contributed by atoms with E-state index >= 15 is 0 Å². The van der Waals surface area contributed by atoms with Gasteiger partial charge in [0.1, 0.15) is 5.82 Å². The third kappa shape index (κ3) is 3.55. The van der Waals surface area contributed by atoms with E-state index in [-0.39, 0.29) is 17.7 Å². The minimum atomic E-state index is -0.264. The molecule has 1 fully saturated rings. The molecule has 0 bridgehead atoms. The number of hydrogen-bond donors (Lipinski definition) is 1. The summed E-state index contributed by atoms with van der Waals surface area (Å²) in [5.41, 5.74) is 7.51. The standard InChI is InChI=1S/C15H21FN2O2/c1-20-15(19)12-3-2-6-18(10-12)9-11-4-5-14(16)7-13(11)8-17/h4-5,7,12H,2-3,6,8-10,17H2,1H3. The molecule has 1 unspecified atom stereocenters. The molecule has 2 N–H and O–H groups in total. The van der Waals surface area contributed by atoms with Crippen LogP contribution in [0.2, 0.25) is 0 Å². The lowest BCUT2D eigenvalue weighted by molar-refractivity contribution is -0.147. The largest absolute Gasteiger partial charge is 0.469 e. The van der Waals surface area contributed by atoms with Crippen LogP contribution in [-0.4, -0.2) is 31.1 Å². The minimum absolute atomic E-state index is 0.0597. The average molecular weight is 280 g/mol. The topological polar surface area (TPSA) is 55.6 Å². The molecule has 1 saturated heterocycles. The normalized spacial score (nSPS) is 19.9. The molecule has 110 valence electrons. The molecule has 1 aromatic rings. The van der Waals surface area contributed by atoms with Crippen molar-refractivity contribution in [3.05, 3.63) is 35.1 Å². The van der Waals surface area contributed by atoms with Gasteiger partial charge < -0.3 is 10.5 Å². The van der Waals surface area contributed by atoms with Crippen LogP contribution in [-0.2, 0) is 22.6 Å². The van der Waals surface area contributed by atoms with Crippen molar-refractivity contribution >= 4 is 5.97 Å². The first-order chi connectivity index (χ1) is 9.63. The highest BCUT2D eigenvalue weighted by Crippen LogP contribution is 2.21. The molecule has 5 heteroatoms. The SMILES string of the molecule is COC(=O)C1CCCN(Cc2ccc(F)cc2CN)C1. The fourth-order valence-corrected chi connectivity index (χ4v) is 2.74. The van der Waals surface area contributed by atoms with Crippen molar-refractivity contribution in [3.63, 3.8) is 0 Å². The maximum atomic E-state index is 13.2. The molecule has 1 heterocycles. The van der Waals surface area contributed by atoms with Crippen molar-refractivity contribution in [1.29, 1.82) is 0 Å². The van der Waals surface area contributed by atoms with Crippen molar-refractivity contribution in [2.75, 3.05) is 20.2 Å². The second-order valence-corrected chi connectivity index (χ2v) is 5.21. The Morgan fingerprint density at radius 3 is 3.00 bits per heavy atom. The van der Waals surface area contributed by atoms with E-state index in [0.29, 0.717) is 19.6 Å². The first kappa shape index (κ1) is 14.9. The van der Waals surface area contributed by atoms with Gasteiger partial charge in [0.05, 0.1) is 13.0 Å². The molecule has 0 aromatic heterocycles. The van der Waals surface area contributed by atoms with Gasteiger partial charge in [-0.1, -0.05) is 6.07 Å². The lowest BCUT2D eigenvalue weighted by atomic mass is 9.97. The number of benzene rings is 1. The number of methoxy groups -OCH3 is 1. The van der Waals surface area contributed by atoms with Crippen molar-refractivity contribution in [3.8, 4) is 0 Å². The van der Waals surface area contributed by atoms with E-state index in [2.05, 4.69) is 4.90 Å². The highest BCUT2D eigenvalue weighted by Gasteiger charge is 2.26. The summed E-state index contributed by atoms with van der Waals surface area (Å²) in [5.74, 6) is -0.469. The van der Waals surface area contributed by atoms with Crippen LogP contribution in [0, 0.1) is 11.7 Å². The molecule has 0 spiro atoms. The Kier molecular flexibility index (Phi) is 5.09. The van der Waals surface area contributed by atoms with E-state index in [4.69, 9.17) is 10.5 Å². The van der Waals surface area contributed by atoms with E-state index in [0.717, 1.165) is 30.5 Å². The monoisotopic (exact) mass is 280 g/mol. The first-order valence-corrected chi connectivity index (χ1v) is 6.91. The summed E-state index contributed by atoms with van der Waals surface area (Å²) in [6, 6.07) is 4.71. The number of carbonyl (C=O) groups excluding carboxylic acids is 1. The molecular weight excluding hydrogens is 259 g/mol. The van der Waals surface area contributed by atoms with Crippen LogP contribution in [0.25, 0.3) is 0 Å². The quantitative estimate of drug-likeness (QED) is 0.852. The second kappa shape index (κ2) is 6.81. The lowest BCUT2D eigenvalue weighted by Gasteiger charge is -2.31. The smallest absolute Gasteiger partial charge is 0.309 e. The van der Waals surface area contributed by atoms with Crippen LogP contribution in [0.5, 0.6) is 0 Å². The number of rotatable bonds is 4. The fraction of sp³-hybridized carbons (Fsp3) is 0.533. The molecule has 2 rings (SSSR count). The maximum absolute atomic E-state index is 13.2. The Morgan fingerprint density at radius 1 is 1.50 bits per heavy atom. The van der Waals surface area contributed by atoms with Crippen LogP contribution >= 0.6 is 0 Å². The number of halogens is 1. The highest BCUT2D eigenvalue weighted by atomic mass is 19.1. The lowest BCUT2D eigenvalue weighted by Crippen LogP contribution is -2.38. The maximum Gasteiger partial charge on any atom is 0.309 e. The summed E-state index contributed by atoms with van der Waals surface area (Å²) in [6.45, 7) is 2.64. The van der Waals surface area contributed by atoms with Crippen LogP contribution < -0.4 is 5.73 Å². The number of carbonyl (C=O) groups is 1. The van der Waals surface area contributed by atoms with Crippen LogP contribution in [0.15, 0.2) is 18.2 Å². The molecule has 4 nitrogen and oxygen atoms in total. The van der Waals surface area contributed by atoms with Crippen molar-refractivity contribution in [2.45, 2.75) is 25.9 Å². The number of esters is 1. The van der Waals surface area contributed by atoms with E-state index < -0.39 is 0 Å². The molecular formula is C15H21FN2O2.